The van der Waals surface area contributed by atoms with Crippen molar-refractivity contribution in [2.75, 3.05) is 26.2 Å². The molecule has 0 aliphatic carbocycles. The molecular formula is C26H25F3N2O3. The van der Waals surface area contributed by atoms with Crippen LogP contribution in [0.3, 0.4) is 0 Å². The van der Waals surface area contributed by atoms with Crippen LogP contribution < -0.4 is 9.47 Å². The normalized spacial score (nSPS) is 14.6. The molecule has 0 radical (unpaired) electrons. The third kappa shape index (κ3) is 6.29. The van der Waals surface area contributed by atoms with Crippen molar-refractivity contribution >= 4 is 6.09 Å². The molecule has 0 spiro atoms. The van der Waals surface area contributed by atoms with Gasteiger partial charge in [0.2, 0.25) is 0 Å². The molecule has 1 aliphatic heterocycles. The number of halogens is 3. The number of carbonyl (C=O) groups excluding carboxylic acids is 1. The van der Waals surface area contributed by atoms with Gasteiger partial charge in [-0.1, -0.05) is 29.8 Å². The van der Waals surface area contributed by atoms with Crippen LogP contribution in [0, 0.1) is 6.92 Å². The van der Waals surface area contributed by atoms with E-state index < -0.39 is 17.8 Å². The molecule has 0 unspecified atom stereocenters. The number of benzene rings is 3. The number of aryl methyl sites for hydroxylation is 1. The second-order valence-corrected chi connectivity index (χ2v) is 8.21. The third-order valence-corrected chi connectivity index (χ3v) is 5.60. The Morgan fingerprint density at radius 2 is 1.32 bits per heavy atom. The average Bonchev–Trinajstić information content (AvgIpc) is 2.82. The third-order valence-electron chi connectivity index (χ3n) is 5.60. The number of rotatable bonds is 5. The zero-order valence-electron chi connectivity index (χ0n) is 18.7. The topological polar surface area (TPSA) is 42.0 Å². The highest BCUT2D eigenvalue weighted by Crippen LogP contribution is 2.31. The fourth-order valence-corrected chi connectivity index (χ4v) is 3.63. The van der Waals surface area contributed by atoms with E-state index in [1.807, 2.05) is 0 Å². The van der Waals surface area contributed by atoms with Crippen molar-refractivity contribution in [1.29, 1.82) is 0 Å². The Labute approximate surface area is 196 Å². The predicted molar refractivity (Wildman–Crippen MR) is 122 cm³/mol. The number of hydrogen-bond donors (Lipinski definition) is 0. The van der Waals surface area contributed by atoms with Crippen LogP contribution in [-0.2, 0) is 12.7 Å². The molecule has 178 valence electrons. The first kappa shape index (κ1) is 23.6. The highest BCUT2D eigenvalue weighted by Gasteiger charge is 2.30. The molecule has 1 amide bonds. The Bertz CT molecular complexity index is 1090. The van der Waals surface area contributed by atoms with Gasteiger partial charge in [-0.3, -0.25) is 4.90 Å². The van der Waals surface area contributed by atoms with Crippen LogP contribution in [0.5, 0.6) is 17.2 Å². The van der Waals surface area contributed by atoms with Crippen LogP contribution in [0.2, 0.25) is 0 Å². The molecule has 8 heteroatoms. The SMILES string of the molecule is Cc1ccc(CN2CCN(C(=O)Oc3ccc(Oc4ccc(C(F)(F)F)cc4)cc3)CC2)cc1. The monoisotopic (exact) mass is 470 g/mol. The molecule has 3 aromatic carbocycles. The quantitative estimate of drug-likeness (QED) is 0.450. The van der Waals surface area contributed by atoms with Gasteiger partial charge in [0.05, 0.1) is 5.56 Å². The Hall–Kier alpha value is -3.52. The van der Waals surface area contributed by atoms with Crippen molar-refractivity contribution in [3.8, 4) is 17.2 Å². The van der Waals surface area contributed by atoms with Gasteiger partial charge in [-0.05, 0) is 61.0 Å². The zero-order chi connectivity index (χ0) is 24.1. The van der Waals surface area contributed by atoms with Crippen LogP contribution in [0.4, 0.5) is 18.0 Å². The largest absolute Gasteiger partial charge is 0.457 e. The zero-order valence-corrected chi connectivity index (χ0v) is 18.7. The Balaban J connectivity index is 1.25. The molecule has 3 aromatic rings. The molecular weight excluding hydrogens is 445 g/mol. The highest BCUT2D eigenvalue weighted by atomic mass is 19.4. The molecule has 1 heterocycles. The van der Waals surface area contributed by atoms with Crippen LogP contribution in [0.25, 0.3) is 0 Å². The first-order valence-corrected chi connectivity index (χ1v) is 11.0. The van der Waals surface area contributed by atoms with Gasteiger partial charge in [0.1, 0.15) is 17.2 Å². The molecule has 0 bridgehead atoms. The van der Waals surface area contributed by atoms with E-state index >= 15 is 0 Å². The maximum Gasteiger partial charge on any atom is 0.416 e. The first-order chi connectivity index (χ1) is 16.3. The molecule has 1 fully saturated rings. The van der Waals surface area contributed by atoms with E-state index in [2.05, 4.69) is 36.1 Å². The number of hydrogen-bond acceptors (Lipinski definition) is 4. The predicted octanol–water partition coefficient (Wildman–Crippen LogP) is 6.12. The van der Waals surface area contributed by atoms with Gasteiger partial charge in [0.25, 0.3) is 0 Å². The summed E-state index contributed by atoms with van der Waals surface area (Å²) in [5.74, 6) is 1.07. The second kappa shape index (κ2) is 10.2. The van der Waals surface area contributed by atoms with Crippen LogP contribution in [0.15, 0.2) is 72.8 Å². The maximum absolute atomic E-state index is 12.7. The van der Waals surface area contributed by atoms with E-state index in [0.717, 1.165) is 31.8 Å². The molecule has 0 aromatic heterocycles. The summed E-state index contributed by atoms with van der Waals surface area (Å²) in [4.78, 5) is 16.5. The summed E-state index contributed by atoms with van der Waals surface area (Å²) in [6.45, 7) is 5.61. The molecule has 1 aliphatic rings. The summed E-state index contributed by atoms with van der Waals surface area (Å²) in [6, 6.07) is 19.3. The van der Waals surface area contributed by atoms with E-state index in [9.17, 15) is 18.0 Å². The first-order valence-electron chi connectivity index (χ1n) is 11.0. The molecule has 34 heavy (non-hydrogen) atoms. The average molecular weight is 470 g/mol. The smallest absolute Gasteiger partial charge is 0.416 e. The van der Waals surface area contributed by atoms with Crippen molar-refractivity contribution in [3.05, 3.63) is 89.5 Å². The molecule has 0 N–H and O–H groups in total. The van der Waals surface area contributed by atoms with Crippen molar-refractivity contribution in [3.63, 3.8) is 0 Å². The molecule has 0 saturated carbocycles. The van der Waals surface area contributed by atoms with Crippen LogP contribution >= 0.6 is 0 Å². The summed E-state index contributed by atoms with van der Waals surface area (Å²) in [7, 11) is 0. The summed E-state index contributed by atoms with van der Waals surface area (Å²) in [5, 5.41) is 0. The minimum absolute atomic E-state index is 0.279. The number of piperazine rings is 1. The lowest BCUT2D eigenvalue weighted by Crippen LogP contribution is -2.49. The van der Waals surface area contributed by atoms with Gasteiger partial charge in [0.15, 0.2) is 0 Å². The number of ether oxygens (including phenoxy) is 2. The number of carbonyl (C=O) groups is 1. The van der Waals surface area contributed by atoms with E-state index in [1.54, 1.807) is 29.2 Å². The summed E-state index contributed by atoms with van der Waals surface area (Å²) >= 11 is 0. The van der Waals surface area contributed by atoms with Crippen LogP contribution in [0.1, 0.15) is 16.7 Å². The summed E-state index contributed by atoms with van der Waals surface area (Å²) in [5.41, 5.74) is 1.74. The maximum atomic E-state index is 12.7. The van der Waals surface area contributed by atoms with E-state index in [4.69, 9.17) is 9.47 Å². The molecule has 4 rings (SSSR count). The van der Waals surface area contributed by atoms with Gasteiger partial charge in [-0.15, -0.1) is 0 Å². The molecule has 5 nitrogen and oxygen atoms in total. The standard InChI is InChI=1S/C26H25F3N2O3/c1-19-2-4-20(5-3-19)18-30-14-16-31(17-15-30)25(32)34-24-12-10-23(11-13-24)33-22-8-6-21(7-9-22)26(27,28)29/h2-13H,14-18H2,1H3. The van der Waals surface area contributed by atoms with Crippen molar-refractivity contribution in [1.82, 2.24) is 9.80 Å². The van der Waals surface area contributed by atoms with Gasteiger partial charge < -0.3 is 14.4 Å². The number of amides is 1. The van der Waals surface area contributed by atoms with Crippen molar-refractivity contribution in [2.24, 2.45) is 0 Å². The van der Waals surface area contributed by atoms with Gasteiger partial charge in [-0.2, -0.15) is 13.2 Å². The number of alkyl halides is 3. The lowest BCUT2D eigenvalue weighted by molar-refractivity contribution is -0.137. The summed E-state index contributed by atoms with van der Waals surface area (Å²) < 4.78 is 49.0. The van der Waals surface area contributed by atoms with E-state index in [0.29, 0.717) is 24.6 Å². The van der Waals surface area contributed by atoms with Crippen molar-refractivity contribution < 1.29 is 27.4 Å². The molecule has 1 saturated heterocycles. The Kier molecular flexibility index (Phi) is 7.07. The van der Waals surface area contributed by atoms with Crippen molar-refractivity contribution in [2.45, 2.75) is 19.6 Å². The lowest BCUT2D eigenvalue weighted by Gasteiger charge is -2.34. The Morgan fingerprint density at radius 1 is 0.794 bits per heavy atom. The summed E-state index contributed by atoms with van der Waals surface area (Å²) in [6.07, 6.45) is -4.80. The number of nitrogens with zero attached hydrogens (tertiary/aromatic N) is 2. The minimum Gasteiger partial charge on any atom is -0.457 e. The van der Waals surface area contributed by atoms with E-state index in [-0.39, 0.29) is 5.75 Å². The second-order valence-electron chi connectivity index (χ2n) is 8.21. The highest BCUT2D eigenvalue weighted by molar-refractivity contribution is 5.70. The van der Waals surface area contributed by atoms with E-state index in [1.165, 1.54) is 23.3 Å². The van der Waals surface area contributed by atoms with Crippen LogP contribution in [-0.4, -0.2) is 42.1 Å². The fourth-order valence-electron chi connectivity index (χ4n) is 3.63. The minimum atomic E-state index is -4.39. The van der Waals surface area contributed by atoms with Gasteiger partial charge in [0, 0.05) is 32.7 Å². The lowest BCUT2D eigenvalue weighted by atomic mass is 10.1. The Morgan fingerprint density at radius 3 is 1.88 bits per heavy atom. The van der Waals surface area contributed by atoms with Gasteiger partial charge >= 0.3 is 12.3 Å². The fraction of sp³-hybridized carbons (Fsp3) is 0.269. The molecule has 0 atom stereocenters. The van der Waals surface area contributed by atoms with Gasteiger partial charge in [-0.25, -0.2) is 4.79 Å².